The standard InChI is InChI=1S/C14H11BrN2O3/c15-12-4-2-1-3-9(12)8-16-17-14(20)11-6-5-10(18)7-13(11)19/h1-8,18-19H,(H,17,20). The van der Waals surface area contributed by atoms with Crippen LogP contribution in [0.3, 0.4) is 0 Å². The maximum absolute atomic E-state index is 11.8. The number of phenols is 2. The molecule has 0 saturated heterocycles. The Balaban J connectivity index is 2.07. The Morgan fingerprint density at radius 2 is 1.95 bits per heavy atom. The highest BCUT2D eigenvalue weighted by Gasteiger charge is 2.10. The lowest BCUT2D eigenvalue weighted by Gasteiger charge is -2.03. The van der Waals surface area contributed by atoms with Gasteiger partial charge in [-0.1, -0.05) is 34.1 Å². The van der Waals surface area contributed by atoms with Crippen LogP contribution in [0.5, 0.6) is 11.5 Å². The van der Waals surface area contributed by atoms with E-state index in [4.69, 9.17) is 5.11 Å². The number of hydrogen-bond donors (Lipinski definition) is 3. The Morgan fingerprint density at radius 3 is 2.65 bits per heavy atom. The molecule has 5 nitrogen and oxygen atoms in total. The topological polar surface area (TPSA) is 81.9 Å². The monoisotopic (exact) mass is 334 g/mol. The first-order valence-corrected chi connectivity index (χ1v) is 6.47. The number of phenolic OH excluding ortho intramolecular Hbond substituents is 2. The van der Waals surface area contributed by atoms with E-state index in [1.165, 1.54) is 18.3 Å². The minimum atomic E-state index is -0.564. The summed E-state index contributed by atoms with van der Waals surface area (Å²) in [5.74, 6) is -0.986. The lowest BCUT2D eigenvalue weighted by atomic mass is 10.2. The number of amides is 1. The molecule has 0 saturated carbocycles. The third-order valence-corrected chi connectivity index (χ3v) is 3.22. The van der Waals surface area contributed by atoms with Crippen molar-refractivity contribution in [1.82, 2.24) is 5.43 Å². The molecule has 0 aliphatic rings. The van der Waals surface area contributed by atoms with E-state index in [-0.39, 0.29) is 17.1 Å². The molecule has 0 unspecified atom stereocenters. The van der Waals surface area contributed by atoms with Gasteiger partial charge in [0.25, 0.3) is 5.91 Å². The molecule has 0 fully saturated rings. The summed E-state index contributed by atoms with van der Waals surface area (Å²) >= 11 is 3.36. The van der Waals surface area contributed by atoms with Crippen molar-refractivity contribution in [2.45, 2.75) is 0 Å². The average molecular weight is 335 g/mol. The average Bonchev–Trinajstić information content (AvgIpc) is 2.40. The number of nitrogens with one attached hydrogen (secondary N) is 1. The van der Waals surface area contributed by atoms with Gasteiger partial charge in [0.1, 0.15) is 11.5 Å². The van der Waals surface area contributed by atoms with Crippen LogP contribution in [0, 0.1) is 0 Å². The maximum atomic E-state index is 11.8. The highest BCUT2D eigenvalue weighted by molar-refractivity contribution is 9.10. The Kier molecular flexibility index (Phi) is 4.37. The van der Waals surface area contributed by atoms with Gasteiger partial charge in [0, 0.05) is 16.1 Å². The number of aromatic hydroxyl groups is 2. The van der Waals surface area contributed by atoms with Crippen molar-refractivity contribution in [2.24, 2.45) is 5.10 Å². The summed E-state index contributed by atoms with van der Waals surface area (Å²) in [6.07, 6.45) is 1.49. The lowest BCUT2D eigenvalue weighted by Crippen LogP contribution is -2.17. The van der Waals surface area contributed by atoms with E-state index in [0.717, 1.165) is 16.1 Å². The number of hydrogen-bond acceptors (Lipinski definition) is 4. The molecule has 3 N–H and O–H groups in total. The van der Waals surface area contributed by atoms with Gasteiger partial charge < -0.3 is 10.2 Å². The Hall–Kier alpha value is -2.34. The van der Waals surface area contributed by atoms with Gasteiger partial charge in [-0.05, 0) is 18.2 Å². The Bertz CT molecular complexity index is 671. The Labute approximate surface area is 123 Å². The van der Waals surface area contributed by atoms with Crippen LogP contribution in [0.15, 0.2) is 52.0 Å². The van der Waals surface area contributed by atoms with Crippen LogP contribution in [0.2, 0.25) is 0 Å². The number of carbonyl (C=O) groups excluding carboxylic acids is 1. The highest BCUT2D eigenvalue weighted by Crippen LogP contribution is 2.22. The fourth-order valence-electron chi connectivity index (χ4n) is 1.51. The molecule has 0 aromatic heterocycles. The number of carbonyl (C=O) groups is 1. The first-order chi connectivity index (χ1) is 9.58. The number of halogens is 1. The van der Waals surface area contributed by atoms with Gasteiger partial charge in [-0.15, -0.1) is 0 Å². The molecule has 0 aliphatic heterocycles. The van der Waals surface area contributed by atoms with Crippen molar-refractivity contribution in [3.05, 3.63) is 58.1 Å². The number of rotatable bonds is 3. The van der Waals surface area contributed by atoms with Gasteiger partial charge in [0.15, 0.2) is 0 Å². The second-order valence-electron chi connectivity index (χ2n) is 3.92. The number of hydrazone groups is 1. The SMILES string of the molecule is O=C(NN=Cc1ccccc1Br)c1ccc(O)cc1O. The molecular weight excluding hydrogens is 324 g/mol. The van der Waals surface area contributed by atoms with E-state index in [1.807, 2.05) is 24.3 Å². The van der Waals surface area contributed by atoms with Crippen molar-refractivity contribution in [3.8, 4) is 11.5 Å². The van der Waals surface area contributed by atoms with Crippen molar-refractivity contribution in [3.63, 3.8) is 0 Å². The van der Waals surface area contributed by atoms with Crippen LogP contribution in [0.1, 0.15) is 15.9 Å². The molecule has 0 radical (unpaired) electrons. The lowest BCUT2D eigenvalue weighted by molar-refractivity contribution is 0.0952. The molecule has 2 aromatic carbocycles. The second-order valence-corrected chi connectivity index (χ2v) is 4.78. The largest absolute Gasteiger partial charge is 0.508 e. The van der Waals surface area contributed by atoms with E-state index in [0.29, 0.717) is 0 Å². The van der Waals surface area contributed by atoms with Crippen molar-refractivity contribution in [2.75, 3.05) is 0 Å². The van der Waals surface area contributed by atoms with Crippen LogP contribution < -0.4 is 5.43 Å². The summed E-state index contributed by atoms with van der Waals surface area (Å²) in [6.45, 7) is 0. The maximum Gasteiger partial charge on any atom is 0.275 e. The Morgan fingerprint density at radius 1 is 1.20 bits per heavy atom. The fourth-order valence-corrected chi connectivity index (χ4v) is 1.90. The summed E-state index contributed by atoms with van der Waals surface area (Å²) in [5, 5.41) is 22.5. The van der Waals surface area contributed by atoms with E-state index in [9.17, 15) is 9.90 Å². The molecule has 0 bridgehead atoms. The van der Waals surface area contributed by atoms with E-state index in [1.54, 1.807) is 0 Å². The minimum absolute atomic E-state index is 0.0343. The summed E-state index contributed by atoms with van der Waals surface area (Å²) in [4.78, 5) is 11.8. The molecular formula is C14H11BrN2O3. The second kappa shape index (κ2) is 6.21. The van der Waals surface area contributed by atoms with Gasteiger partial charge in [-0.3, -0.25) is 4.79 Å². The zero-order valence-electron chi connectivity index (χ0n) is 10.2. The van der Waals surface area contributed by atoms with Crippen LogP contribution in [0.25, 0.3) is 0 Å². The zero-order chi connectivity index (χ0) is 14.5. The van der Waals surface area contributed by atoms with E-state index >= 15 is 0 Å². The number of nitrogens with zero attached hydrogens (tertiary/aromatic N) is 1. The van der Waals surface area contributed by atoms with E-state index in [2.05, 4.69) is 26.5 Å². The van der Waals surface area contributed by atoms with Crippen LogP contribution >= 0.6 is 15.9 Å². The predicted molar refractivity (Wildman–Crippen MR) is 79.0 cm³/mol. The summed E-state index contributed by atoms with van der Waals surface area (Å²) < 4.78 is 0.852. The molecule has 0 atom stereocenters. The smallest absolute Gasteiger partial charge is 0.275 e. The first kappa shape index (κ1) is 14.1. The molecule has 2 aromatic rings. The van der Waals surface area contributed by atoms with Gasteiger partial charge in [-0.2, -0.15) is 5.10 Å². The van der Waals surface area contributed by atoms with E-state index < -0.39 is 5.91 Å². The molecule has 1 amide bonds. The molecule has 20 heavy (non-hydrogen) atoms. The van der Waals surface area contributed by atoms with Crippen molar-refractivity contribution in [1.29, 1.82) is 0 Å². The van der Waals surface area contributed by atoms with Crippen molar-refractivity contribution < 1.29 is 15.0 Å². The molecule has 2 rings (SSSR count). The molecule has 102 valence electrons. The first-order valence-electron chi connectivity index (χ1n) is 5.68. The zero-order valence-corrected chi connectivity index (χ0v) is 11.8. The van der Waals surface area contributed by atoms with Gasteiger partial charge in [-0.25, -0.2) is 5.43 Å². The third-order valence-electron chi connectivity index (χ3n) is 2.50. The van der Waals surface area contributed by atoms with Gasteiger partial charge >= 0.3 is 0 Å². The molecule has 6 heteroatoms. The summed E-state index contributed by atoms with van der Waals surface area (Å²) in [6, 6.07) is 11.1. The summed E-state index contributed by atoms with van der Waals surface area (Å²) in [5.41, 5.74) is 3.15. The van der Waals surface area contributed by atoms with Crippen LogP contribution in [0.4, 0.5) is 0 Å². The minimum Gasteiger partial charge on any atom is -0.508 e. The highest BCUT2D eigenvalue weighted by atomic mass is 79.9. The quantitative estimate of drug-likeness (QED) is 0.596. The predicted octanol–water partition coefficient (Wildman–Crippen LogP) is 2.62. The van der Waals surface area contributed by atoms with Crippen molar-refractivity contribution >= 4 is 28.1 Å². The third kappa shape index (κ3) is 3.36. The van der Waals surface area contributed by atoms with Gasteiger partial charge in [0.2, 0.25) is 0 Å². The normalized spacial score (nSPS) is 10.7. The molecule has 0 spiro atoms. The number of benzene rings is 2. The van der Waals surface area contributed by atoms with Gasteiger partial charge in [0.05, 0.1) is 11.8 Å². The molecule has 0 heterocycles. The molecule has 0 aliphatic carbocycles. The van der Waals surface area contributed by atoms with Crippen LogP contribution in [-0.4, -0.2) is 22.3 Å². The fraction of sp³-hybridized carbons (Fsp3) is 0. The van der Waals surface area contributed by atoms with Crippen LogP contribution in [-0.2, 0) is 0 Å². The summed E-state index contributed by atoms with van der Waals surface area (Å²) in [7, 11) is 0.